The van der Waals surface area contributed by atoms with Gasteiger partial charge in [0.2, 0.25) is 0 Å². The van der Waals surface area contributed by atoms with Gasteiger partial charge in [-0.3, -0.25) is 0 Å². The number of rotatable bonds is 3. The second-order valence-electron chi connectivity index (χ2n) is 5.09. The van der Waals surface area contributed by atoms with Crippen LogP contribution < -0.4 is 5.73 Å². The molecule has 0 aromatic rings. The third-order valence-corrected chi connectivity index (χ3v) is 6.25. The van der Waals surface area contributed by atoms with Gasteiger partial charge in [-0.15, -0.1) is 0 Å². The van der Waals surface area contributed by atoms with E-state index >= 15 is 0 Å². The molecule has 0 aliphatic heterocycles. The first-order chi connectivity index (χ1) is 6.77. The van der Waals surface area contributed by atoms with E-state index in [2.05, 4.69) is 18.7 Å². The van der Waals surface area contributed by atoms with Gasteiger partial charge in [0.25, 0.3) is 0 Å². The molecule has 0 aromatic carbocycles. The molecule has 2 unspecified atom stereocenters. The van der Waals surface area contributed by atoms with Crippen LogP contribution in [0.2, 0.25) is 0 Å². The van der Waals surface area contributed by atoms with Crippen LogP contribution in [0.1, 0.15) is 51.9 Å². The molecule has 82 valence electrons. The maximum Gasteiger partial charge on any atom is 0.0310 e. The van der Waals surface area contributed by atoms with Crippen LogP contribution >= 0.6 is 11.8 Å². The van der Waals surface area contributed by atoms with Crippen molar-refractivity contribution in [3.63, 3.8) is 0 Å². The lowest BCUT2D eigenvalue weighted by molar-refractivity contribution is 0.243. The molecule has 1 nitrogen and oxygen atoms in total. The molecule has 0 spiro atoms. The fraction of sp³-hybridized carbons (Fsp3) is 1.00. The predicted octanol–water partition coefficient (Wildman–Crippen LogP) is 3.18. The summed E-state index contributed by atoms with van der Waals surface area (Å²) in [4.78, 5) is 0. The molecule has 2 heteroatoms. The minimum absolute atomic E-state index is 0.474. The van der Waals surface area contributed by atoms with Crippen molar-refractivity contribution in [1.29, 1.82) is 0 Å². The molecule has 0 aromatic heterocycles. The van der Waals surface area contributed by atoms with Crippen LogP contribution in [0.4, 0.5) is 0 Å². The molecule has 2 aliphatic rings. The van der Waals surface area contributed by atoms with Crippen LogP contribution in [0.15, 0.2) is 0 Å². The quantitative estimate of drug-likeness (QED) is 0.779. The first-order valence-corrected chi connectivity index (χ1v) is 7.03. The molecule has 2 fully saturated rings. The van der Waals surface area contributed by atoms with Crippen LogP contribution in [0.3, 0.4) is 0 Å². The average molecular weight is 213 g/mol. The standard InChI is InChI=1S/C12H23NS/c1-10-7-8-12(10,9-13)14-11-5-3-2-4-6-11/h10-11H,2-9,13H2,1H3. The molecule has 2 atom stereocenters. The molecule has 2 saturated carbocycles. The number of thioether (sulfide) groups is 1. The van der Waals surface area contributed by atoms with E-state index < -0.39 is 0 Å². The summed E-state index contributed by atoms with van der Waals surface area (Å²) in [7, 11) is 0. The Labute approximate surface area is 92.2 Å². The van der Waals surface area contributed by atoms with E-state index in [1.807, 2.05) is 0 Å². The summed E-state index contributed by atoms with van der Waals surface area (Å²) in [6.45, 7) is 3.28. The molecule has 2 aliphatic carbocycles. The Morgan fingerprint density at radius 3 is 2.36 bits per heavy atom. The topological polar surface area (TPSA) is 26.0 Å². The van der Waals surface area contributed by atoms with Gasteiger partial charge in [0.15, 0.2) is 0 Å². The van der Waals surface area contributed by atoms with Crippen molar-refractivity contribution in [2.24, 2.45) is 11.7 Å². The molecule has 0 heterocycles. The van der Waals surface area contributed by atoms with Crippen molar-refractivity contribution in [2.45, 2.75) is 61.9 Å². The van der Waals surface area contributed by atoms with Gasteiger partial charge in [-0.2, -0.15) is 11.8 Å². The van der Waals surface area contributed by atoms with Crippen molar-refractivity contribution in [2.75, 3.05) is 6.54 Å². The minimum Gasteiger partial charge on any atom is -0.329 e. The van der Waals surface area contributed by atoms with Gasteiger partial charge in [-0.25, -0.2) is 0 Å². The average Bonchev–Trinajstić information content (AvgIpc) is 2.25. The van der Waals surface area contributed by atoms with Gasteiger partial charge in [-0.1, -0.05) is 26.2 Å². The van der Waals surface area contributed by atoms with Crippen LogP contribution in [-0.2, 0) is 0 Å². The summed E-state index contributed by atoms with van der Waals surface area (Å²) in [6.07, 6.45) is 10.0. The zero-order valence-electron chi connectivity index (χ0n) is 9.30. The van der Waals surface area contributed by atoms with Gasteiger partial charge in [-0.05, 0) is 31.6 Å². The monoisotopic (exact) mass is 213 g/mol. The maximum absolute atomic E-state index is 5.96. The van der Waals surface area contributed by atoms with Gasteiger partial charge in [0.05, 0.1) is 0 Å². The Kier molecular flexibility index (Phi) is 3.43. The van der Waals surface area contributed by atoms with Crippen LogP contribution in [0.5, 0.6) is 0 Å². The van der Waals surface area contributed by atoms with Crippen LogP contribution in [-0.4, -0.2) is 16.5 Å². The summed E-state index contributed by atoms with van der Waals surface area (Å²) >= 11 is 2.24. The van der Waals surface area contributed by atoms with Crippen molar-refractivity contribution in [1.82, 2.24) is 0 Å². The van der Waals surface area contributed by atoms with E-state index in [-0.39, 0.29) is 0 Å². The van der Waals surface area contributed by atoms with E-state index in [0.29, 0.717) is 4.75 Å². The highest BCUT2D eigenvalue weighted by Gasteiger charge is 2.44. The van der Waals surface area contributed by atoms with Crippen molar-refractivity contribution >= 4 is 11.8 Å². The van der Waals surface area contributed by atoms with Gasteiger partial charge >= 0.3 is 0 Å². The first-order valence-electron chi connectivity index (χ1n) is 6.15. The second kappa shape index (κ2) is 4.44. The normalized spacial score (nSPS) is 39.4. The van der Waals surface area contributed by atoms with Crippen molar-refractivity contribution < 1.29 is 0 Å². The van der Waals surface area contributed by atoms with E-state index in [9.17, 15) is 0 Å². The Morgan fingerprint density at radius 2 is 1.93 bits per heavy atom. The Balaban J connectivity index is 1.87. The molecule has 2 rings (SSSR count). The molecule has 14 heavy (non-hydrogen) atoms. The van der Waals surface area contributed by atoms with Crippen LogP contribution in [0, 0.1) is 5.92 Å². The second-order valence-corrected chi connectivity index (χ2v) is 6.80. The smallest absolute Gasteiger partial charge is 0.0310 e. The number of hydrogen-bond acceptors (Lipinski definition) is 2. The summed E-state index contributed by atoms with van der Waals surface area (Å²) in [5, 5.41) is 0.926. The highest BCUT2D eigenvalue weighted by molar-refractivity contribution is 8.01. The molecule has 0 bridgehead atoms. The fourth-order valence-electron chi connectivity index (χ4n) is 2.80. The zero-order chi connectivity index (χ0) is 10.0. The fourth-order valence-corrected chi connectivity index (χ4v) is 4.71. The zero-order valence-corrected chi connectivity index (χ0v) is 10.1. The van der Waals surface area contributed by atoms with E-state index in [1.54, 1.807) is 0 Å². The van der Waals surface area contributed by atoms with Crippen molar-refractivity contribution in [3.8, 4) is 0 Å². The summed E-state index contributed by atoms with van der Waals surface area (Å²) in [6, 6.07) is 0. The highest BCUT2D eigenvalue weighted by Crippen LogP contribution is 2.51. The van der Waals surface area contributed by atoms with E-state index in [4.69, 9.17) is 5.73 Å². The van der Waals surface area contributed by atoms with Crippen LogP contribution in [0.25, 0.3) is 0 Å². The predicted molar refractivity (Wildman–Crippen MR) is 64.6 cm³/mol. The Hall–Kier alpha value is 0.310. The summed E-state index contributed by atoms with van der Waals surface area (Å²) < 4.78 is 0.474. The number of hydrogen-bond donors (Lipinski definition) is 1. The molecule has 0 saturated heterocycles. The Bertz CT molecular complexity index is 185. The third kappa shape index (κ3) is 1.96. The largest absolute Gasteiger partial charge is 0.329 e. The molecular formula is C12H23NS. The van der Waals surface area contributed by atoms with Gasteiger partial charge in [0.1, 0.15) is 0 Å². The molecule has 0 amide bonds. The molecule has 0 radical (unpaired) electrons. The maximum atomic E-state index is 5.96. The Morgan fingerprint density at radius 1 is 1.21 bits per heavy atom. The lowest BCUT2D eigenvalue weighted by Crippen LogP contribution is -2.49. The third-order valence-electron chi connectivity index (χ3n) is 4.20. The lowest BCUT2D eigenvalue weighted by atomic mass is 9.74. The minimum atomic E-state index is 0.474. The van der Waals surface area contributed by atoms with Gasteiger partial charge in [0, 0.05) is 16.5 Å². The van der Waals surface area contributed by atoms with Crippen molar-refractivity contribution in [3.05, 3.63) is 0 Å². The van der Waals surface area contributed by atoms with Gasteiger partial charge < -0.3 is 5.73 Å². The molecule has 2 N–H and O–H groups in total. The highest BCUT2D eigenvalue weighted by atomic mass is 32.2. The first kappa shape index (κ1) is 10.8. The number of nitrogens with two attached hydrogens (primary N) is 1. The SMILES string of the molecule is CC1CCC1(CN)SC1CCCCC1. The molecular weight excluding hydrogens is 190 g/mol. The summed E-state index contributed by atoms with van der Waals surface area (Å²) in [5.41, 5.74) is 5.96. The lowest BCUT2D eigenvalue weighted by Gasteiger charge is -2.49. The summed E-state index contributed by atoms with van der Waals surface area (Å²) in [5.74, 6) is 0.861. The van der Waals surface area contributed by atoms with E-state index in [0.717, 1.165) is 17.7 Å². The van der Waals surface area contributed by atoms with E-state index in [1.165, 1.54) is 44.9 Å².